The number of carbonyl (C=O) groups is 1. The number of piperidine rings is 1. The van der Waals surface area contributed by atoms with Crippen molar-refractivity contribution in [1.82, 2.24) is 15.1 Å². The van der Waals surface area contributed by atoms with Gasteiger partial charge in [0.15, 0.2) is 0 Å². The first-order valence-corrected chi connectivity index (χ1v) is 7.14. The highest BCUT2D eigenvalue weighted by molar-refractivity contribution is 5.96. The number of amides is 1. The monoisotopic (exact) mass is 296 g/mol. The molecular formula is C13H20N4O4. The van der Waals surface area contributed by atoms with Crippen molar-refractivity contribution in [3.63, 3.8) is 0 Å². The van der Waals surface area contributed by atoms with Crippen molar-refractivity contribution < 1.29 is 14.8 Å². The van der Waals surface area contributed by atoms with Gasteiger partial charge in [0.1, 0.15) is 5.69 Å². The first-order chi connectivity index (χ1) is 9.95. The number of hydrogen-bond donors (Lipinski definition) is 2. The molecule has 2 atom stereocenters. The number of β-amino-alcohol motifs (C(OH)–C–C–N with tert-alkyl or cyclic N) is 1. The Morgan fingerprint density at radius 3 is 2.90 bits per heavy atom. The lowest BCUT2D eigenvalue weighted by atomic mass is 9.96. The number of hydrogen-bond acceptors (Lipinski definition) is 5. The van der Waals surface area contributed by atoms with Gasteiger partial charge in [0.25, 0.3) is 5.91 Å². The normalized spacial score (nSPS) is 22.3. The van der Waals surface area contributed by atoms with E-state index in [0.717, 1.165) is 6.42 Å². The molecule has 2 unspecified atom stereocenters. The Hall–Kier alpha value is -1.96. The Morgan fingerprint density at radius 2 is 2.33 bits per heavy atom. The third-order valence-corrected chi connectivity index (χ3v) is 3.90. The summed E-state index contributed by atoms with van der Waals surface area (Å²) in [5.74, 6) is -0.370. The number of H-pyrrole nitrogens is 1. The summed E-state index contributed by atoms with van der Waals surface area (Å²) in [5, 5.41) is 27.5. The van der Waals surface area contributed by atoms with Gasteiger partial charge in [-0.1, -0.05) is 20.3 Å². The molecular weight excluding hydrogens is 276 g/mol. The number of likely N-dealkylation sites (tertiary alicyclic amines) is 1. The van der Waals surface area contributed by atoms with Crippen molar-refractivity contribution in [3.05, 3.63) is 21.5 Å². The van der Waals surface area contributed by atoms with E-state index in [2.05, 4.69) is 10.2 Å². The molecule has 8 heteroatoms. The molecule has 0 spiro atoms. The number of carbonyl (C=O) groups excluding carboxylic acids is 1. The van der Waals surface area contributed by atoms with E-state index in [0.29, 0.717) is 25.1 Å². The molecule has 1 aliphatic heterocycles. The van der Waals surface area contributed by atoms with Crippen molar-refractivity contribution in [2.75, 3.05) is 13.1 Å². The maximum Gasteiger partial charge on any atom is 0.322 e. The minimum Gasteiger partial charge on any atom is -0.391 e. The molecule has 1 amide bonds. The van der Waals surface area contributed by atoms with Crippen molar-refractivity contribution in [3.8, 4) is 0 Å². The highest BCUT2D eigenvalue weighted by atomic mass is 16.6. The summed E-state index contributed by atoms with van der Waals surface area (Å²) in [7, 11) is 0. The maximum atomic E-state index is 12.4. The van der Waals surface area contributed by atoms with Gasteiger partial charge in [0, 0.05) is 13.1 Å². The summed E-state index contributed by atoms with van der Waals surface area (Å²) in [6.07, 6.45) is 1.26. The van der Waals surface area contributed by atoms with Crippen molar-refractivity contribution in [1.29, 1.82) is 0 Å². The molecule has 116 valence electrons. The Bertz CT molecular complexity index is 542. The molecule has 0 saturated carbocycles. The van der Waals surface area contributed by atoms with Crippen LogP contribution in [-0.4, -0.2) is 50.2 Å². The van der Waals surface area contributed by atoms with Crippen LogP contribution in [0.1, 0.15) is 42.9 Å². The number of aliphatic hydroxyl groups is 1. The SMILES string of the molecule is CCCc1[nH]nc(C(=O)N2CCC(C)C(O)C2)c1[N+](=O)[O-]. The third kappa shape index (κ3) is 3.05. The van der Waals surface area contributed by atoms with Crippen LogP contribution in [0.5, 0.6) is 0 Å². The van der Waals surface area contributed by atoms with E-state index in [-0.39, 0.29) is 23.8 Å². The summed E-state index contributed by atoms with van der Waals surface area (Å²) in [6.45, 7) is 4.48. The minimum absolute atomic E-state index is 0.124. The number of aromatic nitrogens is 2. The number of nitro groups is 1. The molecule has 1 aliphatic rings. The predicted molar refractivity (Wildman–Crippen MR) is 74.9 cm³/mol. The molecule has 21 heavy (non-hydrogen) atoms. The average Bonchev–Trinajstić information content (AvgIpc) is 2.85. The van der Waals surface area contributed by atoms with E-state index in [1.165, 1.54) is 4.90 Å². The molecule has 8 nitrogen and oxygen atoms in total. The molecule has 0 bridgehead atoms. The van der Waals surface area contributed by atoms with Gasteiger partial charge in [-0.2, -0.15) is 5.10 Å². The Balaban J connectivity index is 2.25. The number of aryl methyl sites for hydroxylation is 1. The van der Waals surface area contributed by atoms with Gasteiger partial charge >= 0.3 is 5.69 Å². The third-order valence-electron chi connectivity index (χ3n) is 3.90. The van der Waals surface area contributed by atoms with Gasteiger partial charge in [-0.3, -0.25) is 20.0 Å². The van der Waals surface area contributed by atoms with Crippen LogP contribution in [0.3, 0.4) is 0 Å². The largest absolute Gasteiger partial charge is 0.391 e. The number of aromatic amines is 1. The molecule has 1 saturated heterocycles. The fraction of sp³-hybridized carbons (Fsp3) is 0.692. The van der Waals surface area contributed by atoms with Crippen LogP contribution in [0, 0.1) is 16.0 Å². The topological polar surface area (TPSA) is 112 Å². The van der Waals surface area contributed by atoms with Gasteiger partial charge in [0.05, 0.1) is 11.0 Å². The second-order valence-electron chi connectivity index (χ2n) is 5.49. The number of nitrogens with zero attached hydrogens (tertiary/aromatic N) is 3. The van der Waals surface area contributed by atoms with Crippen LogP contribution in [0.15, 0.2) is 0 Å². The molecule has 0 radical (unpaired) electrons. The summed E-state index contributed by atoms with van der Waals surface area (Å²) in [6, 6.07) is 0. The summed E-state index contributed by atoms with van der Waals surface area (Å²) in [4.78, 5) is 24.5. The van der Waals surface area contributed by atoms with Gasteiger partial charge in [-0.25, -0.2) is 0 Å². The second-order valence-corrected chi connectivity index (χ2v) is 5.49. The van der Waals surface area contributed by atoms with Crippen molar-refractivity contribution in [2.24, 2.45) is 5.92 Å². The summed E-state index contributed by atoms with van der Waals surface area (Å²) >= 11 is 0. The molecule has 2 heterocycles. The molecule has 0 aliphatic carbocycles. The van der Waals surface area contributed by atoms with Crippen LogP contribution in [0.2, 0.25) is 0 Å². The van der Waals surface area contributed by atoms with E-state index < -0.39 is 16.9 Å². The van der Waals surface area contributed by atoms with Gasteiger partial charge in [0.2, 0.25) is 5.69 Å². The van der Waals surface area contributed by atoms with E-state index in [1.807, 2.05) is 13.8 Å². The highest BCUT2D eigenvalue weighted by Crippen LogP contribution is 2.25. The second kappa shape index (κ2) is 6.21. The quantitative estimate of drug-likeness (QED) is 0.638. The fourth-order valence-electron chi connectivity index (χ4n) is 2.53. The maximum absolute atomic E-state index is 12.4. The molecule has 1 aromatic rings. The van der Waals surface area contributed by atoms with E-state index >= 15 is 0 Å². The molecule has 2 rings (SSSR count). The smallest absolute Gasteiger partial charge is 0.322 e. The highest BCUT2D eigenvalue weighted by Gasteiger charge is 2.34. The molecule has 1 aromatic heterocycles. The zero-order chi connectivity index (χ0) is 15.6. The van der Waals surface area contributed by atoms with E-state index in [9.17, 15) is 20.0 Å². The lowest BCUT2D eigenvalue weighted by Crippen LogP contribution is -2.46. The van der Waals surface area contributed by atoms with Gasteiger partial charge in [-0.15, -0.1) is 0 Å². The standard InChI is InChI=1S/C13H20N4O4/c1-3-4-9-12(17(20)21)11(15-14-9)13(19)16-6-5-8(2)10(18)7-16/h8,10,18H,3-7H2,1-2H3,(H,14,15). The molecule has 1 fully saturated rings. The summed E-state index contributed by atoms with van der Waals surface area (Å²) in [5.41, 5.74) is -0.0306. The average molecular weight is 296 g/mol. The number of aliphatic hydroxyl groups excluding tert-OH is 1. The van der Waals surface area contributed by atoms with Crippen LogP contribution in [-0.2, 0) is 6.42 Å². The Labute approximate surface area is 122 Å². The fourth-order valence-corrected chi connectivity index (χ4v) is 2.53. The number of rotatable bonds is 4. The Kier molecular flexibility index (Phi) is 4.56. The van der Waals surface area contributed by atoms with Crippen LogP contribution < -0.4 is 0 Å². The number of nitrogens with one attached hydrogen (secondary N) is 1. The Morgan fingerprint density at radius 1 is 1.62 bits per heavy atom. The zero-order valence-corrected chi connectivity index (χ0v) is 12.2. The first kappa shape index (κ1) is 15.4. The lowest BCUT2D eigenvalue weighted by Gasteiger charge is -2.33. The van der Waals surface area contributed by atoms with Gasteiger partial charge in [-0.05, 0) is 18.8 Å². The molecule has 2 N–H and O–H groups in total. The minimum atomic E-state index is -0.601. The predicted octanol–water partition coefficient (Wildman–Crippen LogP) is 1.11. The lowest BCUT2D eigenvalue weighted by molar-refractivity contribution is -0.385. The van der Waals surface area contributed by atoms with Crippen molar-refractivity contribution in [2.45, 2.75) is 39.2 Å². The van der Waals surface area contributed by atoms with E-state index in [4.69, 9.17) is 0 Å². The van der Waals surface area contributed by atoms with Gasteiger partial charge < -0.3 is 10.0 Å². The van der Waals surface area contributed by atoms with Crippen LogP contribution >= 0.6 is 0 Å². The van der Waals surface area contributed by atoms with Crippen molar-refractivity contribution >= 4 is 11.6 Å². The van der Waals surface area contributed by atoms with Crippen LogP contribution in [0.25, 0.3) is 0 Å². The first-order valence-electron chi connectivity index (χ1n) is 7.14. The van der Waals surface area contributed by atoms with Crippen LogP contribution in [0.4, 0.5) is 5.69 Å². The summed E-state index contributed by atoms with van der Waals surface area (Å²) < 4.78 is 0. The zero-order valence-electron chi connectivity index (χ0n) is 12.2. The van der Waals surface area contributed by atoms with E-state index in [1.54, 1.807) is 0 Å². The molecule has 0 aromatic carbocycles.